The van der Waals surface area contributed by atoms with E-state index in [2.05, 4.69) is 42.9 Å². The van der Waals surface area contributed by atoms with Gasteiger partial charge in [0.25, 0.3) is 0 Å². The Bertz CT molecular complexity index is 519. The van der Waals surface area contributed by atoms with Crippen LogP contribution in [-0.4, -0.2) is 25.3 Å². The summed E-state index contributed by atoms with van der Waals surface area (Å²) in [6.07, 6.45) is 2.08. The summed E-state index contributed by atoms with van der Waals surface area (Å²) >= 11 is 1.73. The molecule has 2 aliphatic rings. The molecule has 3 rings (SSSR count). The van der Waals surface area contributed by atoms with Gasteiger partial charge in [-0.2, -0.15) is 0 Å². The SMILES string of the molecule is CSc1ccccc1C(C)(C)NC(=O)[C@@H]1[C@@H]2CNC[C@@H]21. The second kappa shape index (κ2) is 5.08. The summed E-state index contributed by atoms with van der Waals surface area (Å²) < 4.78 is 0. The second-order valence-corrected chi connectivity index (χ2v) is 7.17. The van der Waals surface area contributed by atoms with Crippen LogP contribution in [0.25, 0.3) is 0 Å². The third-order valence-electron chi connectivity index (χ3n) is 4.61. The molecule has 1 amide bonds. The number of hydrogen-bond donors (Lipinski definition) is 2. The van der Waals surface area contributed by atoms with Gasteiger partial charge in [0, 0.05) is 10.8 Å². The zero-order valence-electron chi connectivity index (χ0n) is 12.3. The minimum atomic E-state index is -0.318. The standard InChI is InChI=1S/C16H22N2OS/c1-16(2,12-6-4-5-7-13(12)20-3)18-15(19)14-10-8-17-9-11(10)14/h4-7,10-11,14,17H,8-9H2,1-3H3,(H,18,19)/t10-,11+,14-. The fourth-order valence-corrected chi connectivity index (χ4v) is 4.18. The van der Waals surface area contributed by atoms with Crippen molar-refractivity contribution < 1.29 is 4.79 Å². The largest absolute Gasteiger partial charge is 0.347 e. The van der Waals surface area contributed by atoms with Gasteiger partial charge in [0.1, 0.15) is 0 Å². The average Bonchev–Trinajstić information content (AvgIpc) is 2.92. The van der Waals surface area contributed by atoms with Crippen LogP contribution in [-0.2, 0) is 10.3 Å². The van der Waals surface area contributed by atoms with Crippen LogP contribution in [0.15, 0.2) is 29.2 Å². The van der Waals surface area contributed by atoms with Crippen molar-refractivity contribution in [2.75, 3.05) is 19.3 Å². The molecule has 20 heavy (non-hydrogen) atoms. The number of hydrogen-bond acceptors (Lipinski definition) is 3. The monoisotopic (exact) mass is 290 g/mol. The van der Waals surface area contributed by atoms with E-state index in [1.807, 2.05) is 12.1 Å². The molecule has 4 heteroatoms. The molecule has 1 aliphatic heterocycles. The first kappa shape index (κ1) is 14.0. The molecule has 0 radical (unpaired) electrons. The Labute approximate surface area is 124 Å². The number of fused-ring (bicyclic) bond motifs is 1. The molecule has 0 unspecified atom stereocenters. The summed E-state index contributed by atoms with van der Waals surface area (Å²) in [5.41, 5.74) is 0.880. The lowest BCUT2D eigenvalue weighted by molar-refractivity contribution is -0.124. The highest BCUT2D eigenvalue weighted by molar-refractivity contribution is 7.98. The topological polar surface area (TPSA) is 41.1 Å². The molecule has 1 aliphatic carbocycles. The van der Waals surface area contributed by atoms with Gasteiger partial charge in [-0.05, 0) is 56.7 Å². The maximum atomic E-state index is 12.5. The van der Waals surface area contributed by atoms with Crippen molar-refractivity contribution in [2.45, 2.75) is 24.3 Å². The number of nitrogens with one attached hydrogen (secondary N) is 2. The molecule has 3 nitrogen and oxygen atoms in total. The number of thioether (sulfide) groups is 1. The summed E-state index contributed by atoms with van der Waals surface area (Å²) in [4.78, 5) is 13.7. The quantitative estimate of drug-likeness (QED) is 0.836. The minimum absolute atomic E-state index is 0.224. The summed E-state index contributed by atoms with van der Waals surface area (Å²) in [7, 11) is 0. The van der Waals surface area contributed by atoms with Gasteiger partial charge in [0.2, 0.25) is 5.91 Å². The summed E-state index contributed by atoms with van der Waals surface area (Å²) in [5, 5.41) is 6.59. The molecular formula is C16H22N2OS. The number of piperidine rings is 1. The third kappa shape index (κ3) is 2.35. The molecule has 1 saturated heterocycles. The average molecular weight is 290 g/mol. The summed E-state index contributed by atoms with van der Waals surface area (Å²) in [5.74, 6) is 1.60. The zero-order valence-corrected chi connectivity index (χ0v) is 13.1. The molecule has 108 valence electrons. The van der Waals surface area contributed by atoms with Crippen molar-refractivity contribution in [3.05, 3.63) is 29.8 Å². The Morgan fingerprint density at radius 2 is 1.95 bits per heavy atom. The lowest BCUT2D eigenvalue weighted by Gasteiger charge is -2.29. The van der Waals surface area contributed by atoms with Gasteiger partial charge in [0.05, 0.1) is 5.54 Å². The van der Waals surface area contributed by atoms with Gasteiger partial charge >= 0.3 is 0 Å². The molecule has 1 aromatic carbocycles. The van der Waals surface area contributed by atoms with Crippen LogP contribution < -0.4 is 10.6 Å². The van der Waals surface area contributed by atoms with Crippen LogP contribution in [0.2, 0.25) is 0 Å². The smallest absolute Gasteiger partial charge is 0.224 e. The number of benzene rings is 1. The minimum Gasteiger partial charge on any atom is -0.347 e. The van der Waals surface area contributed by atoms with Crippen molar-refractivity contribution in [3.63, 3.8) is 0 Å². The van der Waals surface area contributed by atoms with Crippen molar-refractivity contribution in [3.8, 4) is 0 Å². The van der Waals surface area contributed by atoms with Crippen LogP contribution in [0.4, 0.5) is 0 Å². The molecule has 3 atom stereocenters. The van der Waals surface area contributed by atoms with E-state index in [1.165, 1.54) is 10.5 Å². The molecule has 1 saturated carbocycles. The van der Waals surface area contributed by atoms with Gasteiger partial charge in [-0.15, -0.1) is 11.8 Å². The lowest BCUT2D eigenvalue weighted by Crippen LogP contribution is -2.43. The molecule has 0 aromatic heterocycles. The van der Waals surface area contributed by atoms with Crippen molar-refractivity contribution in [2.24, 2.45) is 17.8 Å². The van der Waals surface area contributed by atoms with Crippen LogP contribution >= 0.6 is 11.8 Å². The molecule has 2 N–H and O–H groups in total. The van der Waals surface area contributed by atoms with Gasteiger partial charge in [-0.25, -0.2) is 0 Å². The van der Waals surface area contributed by atoms with Crippen LogP contribution in [0, 0.1) is 17.8 Å². The Hall–Kier alpha value is -1.00. The van der Waals surface area contributed by atoms with Crippen LogP contribution in [0.3, 0.4) is 0 Å². The van der Waals surface area contributed by atoms with Crippen LogP contribution in [0.5, 0.6) is 0 Å². The molecule has 1 heterocycles. The zero-order chi connectivity index (χ0) is 14.3. The molecule has 1 aromatic rings. The molecular weight excluding hydrogens is 268 g/mol. The number of amides is 1. The maximum absolute atomic E-state index is 12.5. The van der Waals surface area contributed by atoms with E-state index in [9.17, 15) is 4.79 Å². The molecule has 0 bridgehead atoms. The van der Waals surface area contributed by atoms with E-state index in [4.69, 9.17) is 0 Å². The van der Waals surface area contributed by atoms with Crippen molar-refractivity contribution >= 4 is 17.7 Å². The first-order chi connectivity index (χ1) is 9.54. The fourth-order valence-electron chi connectivity index (χ4n) is 3.43. The van der Waals surface area contributed by atoms with Crippen molar-refractivity contribution in [1.29, 1.82) is 0 Å². The first-order valence-corrected chi connectivity index (χ1v) is 8.43. The summed E-state index contributed by atoms with van der Waals surface area (Å²) in [6.45, 7) is 6.20. The van der Waals surface area contributed by atoms with E-state index < -0.39 is 0 Å². The highest BCUT2D eigenvalue weighted by Gasteiger charge is 2.57. The number of carbonyl (C=O) groups excluding carboxylic acids is 1. The Morgan fingerprint density at radius 1 is 1.30 bits per heavy atom. The highest BCUT2D eigenvalue weighted by atomic mass is 32.2. The Balaban J connectivity index is 1.73. The van der Waals surface area contributed by atoms with Crippen LogP contribution in [0.1, 0.15) is 19.4 Å². The number of carbonyl (C=O) groups is 1. The second-order valence-electron chi connectivity index (χ2n) is 6.33. The first-order valence-electron chi connectivity index (χ1n) is 7.21. The van der Waals surface area contributed by atoms with E-state index in [1.54, 1.807) is 11.8 Å². The normalized spacial score (nSPS) is 28.1. The van der Waals surface area contributed by atoms with E-state index in [-0.39, 0.29) is 17.4 Å². The van der Waals surface area contributed by atoms with E-state index >= 15 is 0 Å². The number of rotatable bonds is 4. The van der Waals surface area contributed by atoms with E-state index in [0.29, 0.717) is 11.8 Å². The predicted molar refractivity (Wildman–Crippen MR) is 82.7 cm³/mol. The predicted octanol–water partition coefficient (Wildman–Crippen LogP) is 2.23. The highest BCUT2D eigenvalue weighted by Crippen LogP contribution is 2.49. The maximum Gasteiger partial charge on any atom is 0.224 e. The lowest BCUT2D eigenvalue weighted by atomic mass is 9.93. The third-order valence-corrected chi connectivity index (χ3v) is 5.41. The fraction of sp³-hybridized carbons (Fsp3) is 0.562. The molecule has 0 spiro atoms. The molecule has 2 fully saturated rings. The Kier molecular flexibility index (Phi) is 3.55. The summed E-state index contributed by atoms with van der Waals surface area (Å²) in [6, 6.07) is 8.31. The van der Waals surface area contributed by atoms with Gasteiger partial charge in [-0.3, -0.25) is 4.79 Å². The van der Waals surface area contributed by atoms with Gasteiger partial charge in [0.15, 0.2) is 0 Å². The van der Waals surface area contributed by atoms with Gasteiger partial charge < -0.3 is 10.6 Å². The Morgan fingerprint density at radius 3 is 2.60 bits per heavy atom. The van der Waals surface area contributed by atoms with Crippen molar-refractivity contribution in [1.82, 2.24) is 10.6 Å². The van der Waals surface area contributed by atoms with Gasteiger partial charge in [-0.1, -0.05) is 18.2 Å². The van der Waals surface area contributed by atoms with E-state index in [0.717, 1.165) is 13.1 Å².